The van der Waals surface area contributed by atoms with E-state index in [4.69, 9.17) is 15.2 Å². The van der Waals surface area contributed by atoms with E-state index in [1.165, 1.54) is 15.5 Å². The van der Waals surface area contributed by atoms with E-state index in [1.807, 2.05) is 44.2 Å². The Morgan fingerprint density at radius 1 is 1.16 bits per heavy atom. The summed E-state index contributed by atoms with van der Waals surface area (Å²) in [5.41, 5.74) is 6.64. The number of nitrogens with zero attached hydrogens (tertiary/aromatic N) is 6. The van der Waals surface area contributed by atoms with Crippen molar-refractivity contribution in [2.75, 3.05) is 32.5 Å². The number of para-hydroxylation sites is 1. The van der Waals surface area contributed by atoms with Crippen LogP contribution < -0.4 is 21.5 Å². The zero-order valence-electron chi connectivity index (χ0n) is 24.4. The maximum atomic E-state index is 13.9. The number of imidazole rings is 1. The number of fused-ring (bicyclic) bond motifs is 1. The average Bonchev–Trinajstić information content (AvgIpc) is 3.27. The smallest absolute Gasteiger partial charge is 0.335 e. The lowest BCUT2D eigenvalue weighted by Gasteiger charge is -2.41. The molecule has 2 aromatic heterocycles. The molecule has 2 aromatic carbocycles. The van der Waals surface area contributed by atoms with Crippen LogP contribution >= 0.6 is 0 Å². The van der Waals surface area contributed by atoms with Crippen LogP contribution in [-0.2, 0) is 16.1 Å². The Balaban J connectivity index is 1.41. The first kappa shape index (κ1) is 29.5. The molecule has 3 heterocycles. The van der Waals surface area contributed by atoms with Crippen LogP contribution in [0.15, 0.2) is 77.4 Å². The minimum Gasteiger partial charge on any atom is -0.457 e. The quantitative estimate of drug-likeness (QED) is 0.154. The predicted octanol–water partition coefficient (Wildman–Crippen LogP) is 3.02. The van der Waals surface area contributed by atoms with Crippen molar-refractivity contribution in [3.8, 4) is 23.3 Å². The first-order chi connectivity index (χ1) is 20.7. The topological polar surface area (TPSA) is 153 Å². The molecule has 1 aliphatic rings. The normalized spacial score (nSPS) is 15.3. The number of ether oxygens (including phenoxy) is 2. The lowest BCUT2D eigenvalue weighted by Crippen LogP contribution is -2.54. The zero-order valence-corrected chi connectivity index (χ0v) is 24.4. The SMILES string of the molecule is COCCNC(C)(C)C=C(C#N)C(=O)N1CCC1Cn1c(=O)n(-c2ccc(Oc3ccccc3)cc2)c2c(N)ncnc21. The van der Waals surface area contributed by atoms with Crippen molar-refractivity contribution in [3.63, 3.8) is 0 Å². The van der Waals surface area contributed by atoms with Crippen LogP contribution in [0.4, 0.5) is 5.82 Å². The van der Waals surface area contributed by atoms with Crippen LogP contribution in [-0.4, -0.2) is 68.3 Å². The average molecular weight is 583 g/mol. The van der Waals surface area contributed by atoms with Gasteiger partial charge >= 0.3 is 5.69 Å². The van der Waals surface area contributed by atoms with Gasteiger partial charge in [0.25, 0.3) is 5.91 Å². The van der Waals surface area contributed by atoms with Gasteiger partial charge in [-0.3, -0.25) is 13.9 Å². The molecule has 0 spiro atoms. The van der Waals surface area contributed by atoms with Gasteiger partial charge in [-0.2, -0.15) is 5.26 Å². The fraction of sp³-hybridized carbons (Fsp3) is 0.323. The number of hydrogen-bond acceptors (Lipinski definition) is 9. The number of amides is 1. The van der Waals surface area contributed by atoms with Crippen molar-refractivity contribution < 1.29 is 14.3 Å². The van der Waals surface area contributed by atoms with Crippen LogP contribution in [0.25, 0.3) is 16.9 Å². The highest BCUT2D eigenvalue weighted by Crippen LogP contribution is 2.27. The first-order valence-corrected chi connectivity index (χ1v) is 14.0. The Kier molecular flexibility index (Phi) is 8.56. The summed E-state index contributed by atoms with van der Waals surface area (Å²) in [7, 11) is 1.61. The number of likely N-dealkylation sites (tertiary alicyclic amines) is 1. The van der Waals surface area contributed by atoms with Gasteiger partial charge in [0.15, 0.2) is 11.5 Å². The number of rotatable bonds is 11. The molecule has 43 heavy (non-hydrogen) atoms. The van der Waals surface area contributed by atoms with E-state index in [0.29, 0.717) is 54.5 Å². The Morgan fingerprint density at radius 3 is 2.53 bits per heavy atom. The van der Waals surface area contributed by atoms with Crippen molar-refractivity contribution in [2.24, 2.45) is 0 Å². The number of carbonyl (C=O) groups is 1. The minimum absolute atomic E-state index is 0.0405. The van der Waals surface area contributed by atoms with E-state index in [9.17, 15) is 14.9 Å². The van der Waals surface area contributed by atoms with Gasteiger partial charge in [-0.05, 0) is 62.7 Å². The molecule has 12 heteroatoms. The van der Waals surface area contributed by atoms with E-state index in [0.717, 1.165) is 0 Å². The van der Waals surface area contributed by atoms with Gasteiger partial charge in [-0.25, -0.2) is 14.8 Å². The Morgan fingerprint density at radius 2 is 1.88 bits per heavy atom. The van der Waals surface area contributed by atoms with Crippen molar-refractivity contribution in [1.29, 1.82) is 5.26 Å². The molecule has 0 radical (unpaired) electrons. The lowest BCUT2D eigenvalue weighted by atomic mass is 9.97. The summed E-state index contributed by atoms with van der Waals surface area (Å²) in [6.07, 6.45) is 3.62. The number of methoxy groups -OCH3 is 1. The molecule has 0 aliphatic carbocycles. The molecule has 4 aromatic rings. The van der Waals surface area contributed by atoms with Gasteiger partial charge in [-0.1, -0.05) is 18.2 Å². The summed E-state index contributed by atoms with van der Waals surface area (Å²) in [5.74, 6) is 1.09. The molecular weight excluding hydrogens is 548 g/mol. The number of nitriles is 1. The van der Waals surface area contributed by atoms with Crippen molar-refractivity contribution in [1.82, 2.24) is 29.3 Å². The van der Waals surface area contributed by atoms with Crippen molar-refractivity contribution in [2.45, 2.75) is 38.4 Å². The molecule has 222 valence electrons. The fourth-order valence-corrected chi connectivity index (χ4v) is 5.09. The third-order valence-electron chi connectivity index (χ3n) is 7.35. The summed E-state index contributed by atoms with van der Waals surface area (Å²) in [5, 5.41) is 13.1. The molecule has 1 atom stereocenters. The van der Waals surface area contributed by atoms with E-state index >= 15 is 0 Å². The van der Waals surface area contributed by atoms with Gasteiger partial charge in [0, 0.05) is 32.3 Å². The second-order valence-corrected chi connectivity index (χ2v) is 10.8. The highest BCUT2D eigenvalue weighted by atomic mass is 16.5. The first-order valence-electron chi connectivity index (χ1n) is 14.0. The summed E-state index contributed by atoms with van der Waals surface area (Å²) in [6.45, 7) is 5.52. The Bertz CT molecular complexity index is 1740. The number of anilines is 1. The molecule has 0 bridgehead atoms. The molecule has 1 amide bonds. The Hall–Kier alpha value is -4.99. The van der Waals surface area contributed by atoms with Crippen LogP contribution in [0.1, 0.15) is 20.3 Å². The third-order valence-corrected chi connectivity index (χ3v) is 7.35. The second-order valence-electron chi connectivity index (χ2n) is 10.8. The monoisotopic (exact) mass is 582 g/mol. The second kappa shape index (κ2) is 12.5. The number of aromatic nitrogens is 4. The highest BCUT2D eigenvalue weighted by molar-refractivity contribution is 5.98. The highest BCUT2D eigenvalue weighted by Gasteiger charge is 2.36. The number of nitrogens with two attached hydrogens (primary N) is 1. The van der Waals surface area contributed by atoms with E-state index in [2.05, 4.69) is 21.4 Å². The molecule has 1 saturated heterocycles. The molecule has 1 aliphatic heterocycles. The van der Waals surface area contributed by atoms with Crippen LogP contribution in [0, 0.1) is 11.3 Å². The van der Waals surface area contributed by atoms with E-state index in [-0.39, 0.29) is 35.6 Å². The maximum Gasteiger partial charge on any atom is 0.335 e. The minimum atomic E-state index is -0.597. The molecule has 5 rings (SSSR count). The van der Waals surface area contributed by atoms with Gasteiger partial charge < -0.3 is 25.4 Å². The molecule has 0 saturated carbocycles. The zero-order chi connectivity index (χ0) is 30.6. The standard InChI is InChI=1S/C31H34N8O4/c1-31(2,36-14-16-42-3)17-21(18-32)29(40)37-15-13-23(37)19-38-28-26(27(33)34-20-35-28)39(30(38)41)22-9-11-25(12-10-22)43-24-7-5-4-6-8-24/h4-12,17,20,23,36H,13-16,19H2,1-3H3,(H2,33,34,35). The largest absolute Gasteiger partial charge is 0.457 e. The molecule has 3 N–H and O–H groups in total. The Labute approximate surface area is 249 Å². The van der Waals surface area contributed by atoms with Gasteiger partial charge in [0.1, 0.15) is 35.0 Å². The number of hydrogen-bond donors (Lipinski definition) is 2. The number of carbonyl (C=O) groups excluding carboxylic acids is 1. The fourth-order valence-electron chi connectivity index (χ4n) is 5.09. The maximum absolute atomic E-state index is 13.9. The molecule has 1 fully saturated rings. The summed E-state index contributed by atoms with van der Waals surface area (Å²) in [4.78, 5) is 37.4. The molecule has 12 nitrogen and oxygen atoms in total. The van der Waals surface area contributed by atoms with Crippen LogP contribution in [0.5, 0.6) is 11.5 Å². The number of nitrogen functional groups attached to an aromatic ring is 1. The summed E-state index contributed by atoms with van der Waals surface area (Å²) in [6, 6.07) is 18.2. The van der Waals surface area contributed by atoms with Crippen LogP contribution in [0.2, 0.25) is 0 Å². The van der Waals surface area contributed by atoms with Crippen molar-refractivity contribution in [3.05, 3.63) is 83.1 Å². The lowest BCUT2D eigenvalue weighted by molar-refractivity contribution is -0.134. The van der Waals surface area contributed by atoms with E-state index < -0.39 is 5.54 Å². The molecule has 1 unspecified atom stereocenters. The number of nitrogens with one attached hydrogen (secondary N) is 1. The van der Waals surface area contributed by atoms with Gasteiger partial charge in [-0.15, -0.1) is 0 Å². The predicted molar refractivity (Wildman–Crippen MR) is 162 cm³/mol. The summed E-state index contributed by atoms with van der Waals surface area (Å²) < 4.78 is 14.0. The van der Waals surface area contributed by atoms with Crippen LogP contribution in [0.3, 0.4) is 0 Å². The van der Waals surface area contributed by atoms with E-state index in [1.54, 1.807) is 42.4 Å². The summed E-state index contributed by atoms with van der Waals surface area (Å²) >= 11 is 0. The number of benzene rings is 2. The van der Waals surface area contributed by atoms with Crippen molar-refractivity contribution >= 4 is 22.9 Å². The van der Waals surface area contributed by atoms with Gasteiger partial charge in [0.2, 0.25) is 0 Å². The molecular formula is C31H34N8O4. The third kappa shape index (κ3) is 6.28. The van der Waals surface area contributed by atoms with Gasteiger partial charge in [0.05, 0.1) is 18.3 Å².